The highest BCUT2D eigenvalue weighted by Gasteiger charge is 2.19. The first-order valence-corrected chi connectivity index (χ1v) is 6.44. The van der Waals surface area contributed by atoms with Crippen LogP contribution in [0.2, 0.25) is 0 Å². The normalized spacial score (nSPS) is 18.9. The van der Waals surface area contributed by atoms with Crippen LogP contribution < -0.4 is 0 Å². The van der Waals surface area contributed by atoms with E-state index in [1.54, 1.807) is 0 Å². The molecule has 2 heteroatoms. The molecule has 1 aliphatic heterocycles. The maximum absolute atomic E-state index is 3.29. The lowest BCUT2D eigenvalue weighted by atomic mass is 10.0. The molecule has 0 atom stereocenters. The molecular weight excluding hydrogens is 196 g/mol. The molecule has 0 aromatic heterocycles. The monoisotopic (exact) mass is 222 g/mol. The van der Waals surface area contributed by atoms with Crippen molar-refractivity contribution in [2.75, 3.05) is 33.7 Å². The van der Waals surface area contributed by atoms with E-state index in [9.17, 15) is 0 Å². The molecule has 2 nitrogen and oxygen atoms in total. The van der Waals surface area contributed by atoms with Crippen molar-refractivity contribution >= 4 is 0 Å². The Morgan fingerprint density at radius 1 is 1.19 bits per heavy atom. The second kappa shape index (κ2) is 6.93. The Morgan fingerprint density at radius 2 is 1.81 bits per heavy atom. The largest absolute Gasteiger partial charge is 0.306 e. The minimum Gasteiger partial charge on any atom is -0.306 e. The molecule has 1 rings (SSSR count). The van der Waals surface area contributed by atoms with Crippen molar-refractivity contribution in [1.82, 2.24) is 9.80 Å². The fourth-order valence-electron chi connectivity index (χ4n) is 2.04. The van der Waals surface area contributed by atoms with Gasteiger partial charge in [0.05, 0.1) is 6.54 Å². The first-order valence-electron chi connectivity index (χ1n) is 6.44. The molecule has 92 valence electrons. The zero-order chi connectivity index (χ0) is 12.0. The highest BCUT2D eigenvalue weighted by atomic mass is 15.2. The van der Waals surface area contributed by atoms with Crippen LogP contribution in [0, 0.1) is 17.8 Å². The SMILES string of the molecule is CC(C)CC#CCN1CCC(N(C)C)CC1. The lowest BCUT2D eigenvalue weighted by Gasteiger charge is -2.34. The fraction of sp³-hybridized carbons (Fsp3) is 0.857. The topological polar surface area (TPSA) is 6.48 Å². The highest BCUT2D eigenvalue weighted by molar-refractivity contribution is 5.02. The van der Waals surface area contributed by atoms with E-state index >= 15 is 0 Å². The van der Waals surface area contributed by atoms with Crippen molar-refractivity contribution in [2.24, 2.45) is 5.92 Å². The smallest absolute Gasteiger partial charge is 0.0601 e. The third-order valence-electron chi connectivity index (χ3n) is 3.23. The lowest BCUT2D eigenvalue weighted by molar-refractivity contribution is 0.156. The molecule has 16 heavy (non-hydrogen) atoms. The standard InChI is InChI=1S/C14H26N2/c1-13(2)7-5-6-10-16-11-8-14(9-12-16)15(3)4/h13-14H,7-12H2,1-4H3. The summed E-state index contributed by atoms with van der Waals surface area (Å²) in [6.45, 7) is 7.82. The highest BCUT2D eigenvalue weighted by Crippen LogP contribution is 2.13. The minimum atomic E-state index is 0.701. The van der Waals surface area contributed by atoms with Crippen molar-refractivity contribution < 1.29 is 0 Å². The molecule has 0 saturated carbocycles. The molecule has 1 saturated heterocycles. The zero-order valence-electron chi connectivity index (χ0n) is 11.3. The van der Waals surface area contributed by atoms with E-state index in [0.29, 0.717) is 5.92 Å². The zero-order valence-corrected chi connectivity index (χ0v) is 11.3. The van der Waals surface area contributed by atoms with Crippen molar-refractivity contribution in [3.05, 3.63) is 0 Å². The summed E-state index contributed by atoms with van der Waals surface area (Å²) in [7, 11) is 4.37. The first-order chi connectivity index (χ1) is 7.59. The molecule has 0 amide bonds. The number of hydrogen-bond donors (Lipinski definition) is 0. The van der Waals surface area contributed by atoms with Gasteiger partial charge in [-0.25, -0.2) is 0 Å². The van der Waals surface area contributed by atoms with Gasteiger partial charge < -0.3 is 4.90 Å². The van der Waals surface area contributed by atoms with Crippen LogP contribution in [-0.4, -0.2) is 49.6 Å². The Labute approximate surface area is 101 Å². The van der Waals surface area contributed by atoms with Crippen LogP contribution in [0.4, 0.5) is 0 Å². The Morgan fingerprint density at radius 3 is 2.31 bits per heavy atom. The van der Waals surface area contributed by atoms with E-state index in [2.05, 4.69) is 49.6 Å². The van der Waals surface area contributed by atoms with Gasteiger partial charge in [-0.05, 0) is 32.9 Å². The second-order valence-electron chi connectivity index (χ2n) is 5.42. The molecule has 1 heterocycles. The third kappa shape index (κ3) is 5.01. The van der Waals surface area contributed by atoms with Gasteiger partial charge >= 0.3 is 0 Å². The van der Waals surface area contributed by atoms with Crippen molar-refractivity contribution in [3.63, 3.8) is 0 Å². The summed E-state index contributed by atoms with van der Waals surface area (Å²) in [5.74, 6) is 7.26. The average Bonchev–Trinajstić information content (AvgIpc) is 2.25. The van der Waals surface area contributed by atoms with Crippen LogP contribution in [-0.2, 0) is 0 Å². The molecule has 0 spiro atoms. The van der Waals surface area contributed by atoms with Gasteiger partial charge in [0.1, 0.15) is 0 Å². The van der Waals surface area contributed by atoms with Gasteiger partial charge in [0, 0.05) is 25.6 Å². The maximum Gasteiger partial charge on any atom is 0.0601 e. The van der Waals surface area contributed by atoms with E-state index in [1.165, 1.54) is 25.9 Å². The molecule has 1 aliphatic rings. The maximum atomic E-state index is 3.29. The molecule has 0 aromatic rings. The van der Waals surface area contributed by atoms with E-state index < -0.39 is 0 Å². The van der Waals surface area contributed by atoms with E-state index in [0.717, 1.165) is 19.0 Å². The van der Waals surface area contributed by atoms with Gasteiger partial charge in [-0.15, -0.1) is 5.92 Å². The lowest BCUT2D eigenvalue weighted by Crippen LogP contribution is -2.41. The Balaban J connectivity index is 2.19. The number of nitrogens with zero attached hydrogens (tertiary/aromatic N) is 2. The van der Waals surface area contributed by atoms with Gasteiger partial charge in [0.2, 0.25) is 0 Å². The van der Waals surface area contributed by atoms with Gasteiger partial charge in [-0.2, -0.15) is 0 Å². The number of hydrogen-bond acceptors (Lipinski definition) is 2. The predicted molar refractivity (Wildman–Crippen MR) is 70.4 cm³/mol. The van der Waals surface area contributed by atoms with Crippen LogP contribution >= 0.6 is 0 Å². The van der Waals surface area contributed by atoms with E-state index in [4.69, 9.17) is 0 Å². The van der Waals surface area contributed by atoms with Crippen molar-refractivity contribution in [3.8, 4) is 11.8 Å². The first kappa shape index (κ1) is 13.5. The number of piperidine rings is 1. The molecular formula is C14H26N2. The van der Waals surface area contributed by atoms with Gasteiger partial charge in [0.25, 0.3) is 0 Å². The molecule has 0 aliphatic carbocycles. The summed E-state index contributed by atoms with van der Waals surface area (Å²) in [5.41, 5.74) is 0. The summed E-state index contributed by atoms with van der Waals surface area (Å²) in [5, 5.41) is 0. The summed E-state index contributed by atoms with van der Waals surface area (Å²) in [6, 6.07) is 0.778. The van der Waals surface area contributed by atoms with Crippen molar-refractivity contribution in [1.29, 1.82) is 0 Å². The summed E-state index contributed by atoms with van der Waals surface area (Å²) >= 11 is 0. The quantitative estimate of drug-likeness (QED) is 0.675. The van der Waals surface area contributed by atoms with E-state index in [-0.39, 0.29) is 0 Å². The predicted octanol–water partition coefficient (Wildman–Crippen LogP) is 2.06. The molecule has 0 aromatic carbocycles. The van der Waals surface area contributed by atoms with Gasteiger partial charge in [0.15, 0.2) is 0 Å². The average molecular weight is 222 g/mol. The second-order valence-corrected chi connectivity index (χ2v) is 5.42. The minimum absolute atomic E-state index is 0.701. The Kier molecular flexibility index (Phi) is 5.87. The van der Waals surface area contributed by atoms with Crippen LogP contribution in [0.15, 0.2) is 0 Å². The molecule has 1 fully saturated rings. The van der Waals surface area contributed by atoms with E-state index in [1.807, 2.05) is 0 Å². The van der Waals surface area contributed by atoms with Crippen LogP contribution in [0.3, 0.4) is 0 Å². The van der Waals surface area contributed by atoms with Crippen molar-refractivity contribution in [2.45, 2.75) is 39.2 Å². The summed E-state index contributed by atoms with van der Waals surface area (Å²) < 4.78 is 0. The summed E-state index contributed by atoms with van der Waals surface area (Å²) in [6.07, 6.45) is 3.62. The summed E-state index contributed by atoms with van der Waals surface area (Å²) in [4.78, 5) is 4.83. The van der Waals surface area contributed by atoms with Gasteiger partial charge in [-0.3, -0.25) is 4.90 Å². The molecule has 0 radical (unpaired) electrons. The molecule has 0 unspecified atom stereocenters. The van der Waals surface area contributed by atoms with Crippen LogP contribution in [0.5, 0.6) is 0 Å². The Hall–Kier alpha value is -0.520. The van der Waals surface area contributed by atoms with Gasteiger partial charge in [-0.1, -0.05) is 19.8 Å². The number of rotatable bonds is 3. The molecule has 0 bridgehead atoms. The number of likely N-dealkylation sites (tertiary alicyclic amines) is 1. The van der Waals surface area contributed by atoms with Crippen LogP contribution in [0.25, 0.3) is 0 Å². The third-order valence-corrected chi connectivity index (χ3v) is 3.23. The molecule has 0 N–H and O–H groups in total. The van der Waals surface area contributed by atoms with Crippen LogP contribution in [0.1, 0.15) is 33.1 Å². The fourth-order valence-corrected chi connectivity index (χ4v) is 2.04. The Bertz CT molecular complexity index is 239.